The summed E-state index contributed by atoms with van der Waals surface area (Å²) in [7, 11) is 0. The summed E-state index contributed by atoms with van der Waals surface area (Å²) in [6, 6.07) is 17.0. The topological polar surface area (TPSA) is 419 Å². The maximum absolute atomic E-state index is 13.3. The van der Waals surface area contributed by atoms with E-state index in [2.05, 4.69) is 155 Å². The van der Waals surface area contributed by atoms with Gasteiger partial charge in [-0.15, -0.1) is 0 Å². The molecule has 0 spiro atoms. The minimum atomic E-state index is -0.585. The van der Waals surface area contributed by atoms with E-state index < -0.39 is 51.2 Å². The van der Waals surface area contributed by atoms with E-state index >= 15 is 0 Å². The van der Waals surface area contributed by atoms with Crippen molar-refractivity contribution in [2.24, 2.45) is 114 Å². The molecule has 0 aliphatic rings. The van der Waals surface area contributed by atoms with Crippen LogP contribution in [-0.4, -0.2) is 150 Å². The van der Waals surface area contributed by atoms with Gasteiger partial charge in [0.05, 0.1) is 30.2 Å². The Hall–Kier alpha value is -6.96. The van der Waals surface area contributed by atoms with Crippen molar-refractivity contribution in [1.82, 2.24) is 37.2 Å². The summed E-state index contributed by atoms with van der Waals surface area (Å²) in [6.45, 7) is 74.7. The van der Waals surface area contributed by atoms with Gasteiger partial charge in [0, 0.05) is 106 Å². The van der Waals surface area contributed by atoms with Gasteiger partial charge in [-0.1, -0.05) is 267 Å². The number of carbonyl (C=O) groups is 12. The van der Waals surface area contributed by atoms with Gasteiger partial charge >= 0.3 is 12.1 Å². The highest BCUT2D eigenvalue weighted by Gasteiger charge is 2.41. The average Bonchev–Trinajstić information content (AvgIpc) is 0.855. The zero-order chi connectivity index (χ0) is 103. The fourth-order valence-corrected chi connectivity index (χ4v) is 15.6. The summed E-state index contributed by atoms with van der Waals surface area (Å²) >= 11 is 0. The number of rotatable bonds is 50. The van der Waals surface area contributed by atoms with E-state index in [1.807, 2.05) is 192 Å². The third-order valence-corrected chi connectivity index (χ3v) is 22.5. The lowest BCUT2D eigenvalue weighted by Gasteiger charge is -2.32. The average molecular weight is 1860 g/mol. The summed E-state index contributed by atoms with van der Waals surface area (Å²) in [5.74, 6) is 0.405. The van der Waals surface area contributed by atoms with Crippen molar-refractivity contribution < 1.29 is 57.5 Å². The maximum Gasteiger partial charge on any atom is 0.312 e. The van der Waals surface area contributed by atoms with Crippen LogP contribution >= 0.6 is 0 Å². The van der Waals surface area contributed by atoms with E-state index in [0.29, 0.717) is 90.5 Å². The molecule has 2 aromatic rings. The molecule has 132 heavy (non-hydrogen) atoms. The molecule has 0 bridgehead atoms. The Labute approximate surface area is 803 Å². The lowest BCUT2D eigenvalue weighted by atomic mass is 9.77. The van der Waals surface area contributed by atoms with E-state index in [9.17, 15) is 57.5 Å². The van der Waals surface area contributed by atoms with E-state index in [4.69, 9.17) is 28.7 Å². The fourth-order valence-electron chi connectivity index (χ4n) is 15.6. The number of urea groups is 2. The van der Waals surface area contributed by atoms with Crippen LogP contribution in [0.15, 0.2) is 60.7 Å². The van der Waals surface area contributed by atoms with Crippen LogP contribution < -0.4 is 65.9 Å². The van der Waals surface area contributed by atoms with Gasteiger partial charge in [0.2, 0.25) is 11.8 Å². The van der Waals surface area contributed by atoms with Crippen LogP contribution in [0.5, 0.6) is 0 Å². The standard InChI is InChI=1S/2C24H40N2O2.2C20H39N3O3.C20H40N2O2/c2*1-23(2,3)22(28)19(14-10-11-15-25)17-21(27)20(26-24(4,5)6)16-18-12-8-7-9-13-18;2*1-13(2)14(12-19(3,4)5)17(25)23-15(16(24)20(6,7)8)10-9-11-22-18(21)26;1-14(2)17(22-20(6,7)8)16(23)13-15(11-9-10-12-21)18(24)19(3,4)5/h2*7-9,12-13,19-20,26H,10-11,14-17,25H2,1-6H3;2*13-15H,9-12H2,1-8H3,(H,23,25)(H3,21,22,26);14-15,17,22H,9-13,21H2,1-8H3/t19-,20+;;14-,15-;;/m1.0../s1. The van der Waals surface area contributed by atoms with Gasteiger partial charge in [-0.05, 0) is 212 Å². The monoisotopic (exact) mass is 1860 g/mol. The van der Waals surface area contributed by atoms with Crippen molar-refractivity contribution in [3.05, 3.63) is 71.8 Å². The number of hydrogen-bond donors (Lipinski definition) is 12. The molecule has 24 heteroatoms. The second-order valence-corrected chi connectivity index (χ2v) is 48.6. The molecular formula is C108H198N12O12. The highest BCUT2D eigenvalue weighted by molar-refractivity contribution is 5.96. The zero-order valence-corrected chi connectivity index (χ0v) is 90.2. The number of unbranched alkanes of at least 4 members (excludes halogenated alkanes) is 3. The molecule has 0 fully saturated rings. The largest absolute Gasteiger partial charge is 0.352 e. The van der Waals surface area contributed by atoms with Crippen LogP contribution in [0.25, 0.3) is 0 Å². The summed E-state index contributed by atoms with van der Waals surface area (Å²) in [4.78, 5) is 151. The van der Waals surface area contributed by atoms with Gasteiger partial charge in [0.1, 0.15) is 17.3 Å². The van der Waals surface area contributed by atoms with Gasteiger partial charge in [-0.25, -0.2) is 9.59 Å². The number of primary amides is 2. The molecule has 10 atom stereocenters. The SMILES string of the molecule is CC(C)(C)NC(Cc1ccccc1)C(=O)CC(CCCCN)C(=O)C(C)(C)C.CC(C)(C)N[C@@H](Cc1ccccc1)C(=O)C[C@@H](CCCCN)C(=O)C(C)(C)C.CC(C)C(CC(C)(C)C)C(=O)NC(CCCNC(N)=O)C(=O)C(C)(C)C.CC(C)C(NC(C)(C)C)C(=O)CC(CCCCN)C(=O)C(C)(C)C.CC(C)[C@H](CC(C)(C)C)C(=O)N[C@@H](CCCNC(N)=O)C(=O)C(C)(C)C. The highest BCUT2D eigenvalue weighted by atomic mass is 16.2. The van der Waals surface area contributed by atoms with Crippen molar-refractivity contribution in [2.75, 3.05) is 32.7 Å². The van der Waals surface area contributed by atoms with Crippen molar-refractivity contribution in [3.63, 3.8) is 0 Å². The van der Waals surface area contributed by atoms with Gasteiger partial charge in [-0.2, -0.15) is 0 Å². The summed E-state index contributed by atoms with van der Waals surface area (Å²) in [5.41, 5.74) is 26.3. The molecule has 0 saturated carbocycles. The Morgan fingerprint density at radius 2 is 0.561 bits per heavy atom. The number of ketones is 8. The predicted molar refractivity (Wildman–Crippen MR) is 548 cm³/mol. The van der Waals surface area contributed by atoms with Crippen LogP contribution in [0.3, 0.4) is 0 Å². The van der Waals surface area contributed by atoms with Crippen molar-refractivity contribution in [2.45, 2.75) is 424 Å². The summed E-state index contributed by atoms with van der Waals surface area (Å²) < 4.78 is 0. The number of nitrogens with one attached hydrogen (secondary N) is 7. The summed E-state index contributed by atoms with van der Waals surface area (Å²) in [5, 5.41) is 21.4. The molecule has 2 rings (SSSR count). The van der Waals surface area contributed by atoms with Gasteiger partial charge < -0.3 is 65.9 Å². The molecule has 0 aromatic heterocycles. The number of amides is 6. The minimum Gasteiger partial charge on any atom is -0.352 e. The molecule has 0 radical (unpaired) electrons. The van der Waals surface area contributed by atoms with Gasteiger partial charge in [-0.3, -0.25) is 47.9 Å². The van der Waals surface area contributed by atoms with Crippen LogP contribution in [-0.2, 0) is 60.8 Å². The van der Waals surface area contributed by atoms with E-state index in [1.165, 1.54) is 0 Å². The Kier molecular flexibility index (Phi) is 59.3. The first-order valence-corrected chi connectivity index (χ1v) is 49.4. The first-order chi connectivity index (χ1) is 60.0. The van der Waals surface area contributed by atoms with E-state index in [0.717, 1.165) is 81.8 Å². The maximum atomic E-state index is 13.3. The molecule has 6 amide bonds. The molecule has 2 aromatic carbocycles. The molecule has 6 unspecified atom stereocenters. The van der Waals surface area contributed by atoms with Gasteiger partial charge in [0.25, 0.3) is 0 Å². The third-order valence-electron chi connectivity index (χ3n) is 22.5. The first kappa shape index (κ1) is 129. The highest BCUT2D eigenvalue weighted by Crippen LogP contribution is 2.35. The molecule has 0 aliphatic carbocycles. The molecular weight excluding hydrogens is 1660 g/mol. The Morgan fingerprint density at radius 1 is 0.303 bits per heavy atom. The molecule has 0 aliphatic heterocycles. The van der Waals surface area contributed by atoms with Crippen molar-refractivity contribution in [3.8, 4) is 0 Å². The number of Topliss-reactive ketones (excluding diaryl/α,β-unsaturated/α-hetero) is 8. The Bertz CT molecular complexity index is 3510. The zero-order valence-electron chi connectivity index (χ0n) is 90.2. The van der Waals surface area contributed by atoms with Crippen LogP contribution in [0.1, 0.15) is 376 Å². The molecule has 762 valence electrons. The minimum absolute atomic E-state index is 0.00295. The number of hydrogen-bond acceptors (Lipinski definition) is 18. The second-order valence-electron chi connectivity index (χ2n) is 48.6. The number of nitrogens with two attached hydrogens (primary N) is 5. The summed E-state index contributed by atoms with van der Waals surface area (Å²) in [6.07, 6.45) is 13.3. The molecule has 24 nitrogen and oxygen atoms in total. The first-order valence-electron chi connectivity index (χ1n) is 49.4. The quantitative estimate of drug-likeness (QED) is 0.0274. The number of benzene rings is 2. The van der Waals surface area contributed by atoms with Crippen molar-refractivity contribution in [1.29, 1.82) is 0 Å². The second kappa shape index (κ2) is 60.6. The Balaban J connectivity index is -0.00000158. The lowest BCUT2D eigenvalue weighted by Crippen LogP contribution is -2.51. The van der Waals surface area contributed by atoms with Crippen molar-refractivity contribution >= 4 is 70.1 Å². The third kappa shape index (κ3) is 61.2. The van der Waals surface area contributed by atoms with Crippen LogP contribution in [0.2, 0.25) is 0 Å². The van der Waals surface area contributed by atoms with Crippen LogP contribution in [0, 0.1) is 85.2 Å². The molecule has 0 saturated heterocycles. The van der Waals surface area contributed by atoms with E-state index in [1.54, 1.807) is 0 Å². The van der Waals surface area contributed by atoms with Crippen LogP contribution in [0.4, 0.5) is 9.59 Å². The predicted octanol–water partition coefficient (Wildman–Crippen LogP) is 18.8. The Morgan fingerprint density at radius 3 is 0.773 bits per heavy atom. The number of carbonyl (C=O) groups excluding carboxylic acids is 12. The normalized spacial score (nSPS) is 14.7. The molecule has 0 heterocycles. The molecule has 17 N–H and O–H groups in total. The lowest BCUT2D eigenvalue weighted by molar-refractivity contribution is -0.135. The smallest absolute Gasteiger partial charge is 0.312 e. The van der Waals surface area contributed by atoms with E-state index in [-0.39, 0.29) is 151 Å². The fraction of sp³-hybridized carbons (Fsp3) is 0.778. The van der Waals surface area contributed by atoms with Gasteiger partial charge in [0.15, 0.2) is 28.9 Å².